The number of nitrogens with zero attached hydrogens (tertiary/aromatic N) is 3. The maximum absolute atomic E-state index is 12.8. The van der Waals surface area contributed by atoms with Crippen LogP contribution >= 0.6 is 0 Å². The summed E-state index contributed by atoms with van der Waals surface area (Å²) in [5.74, 6) is 1.15. The number of piperidine rings is 1. The number of rotatable bonds is 7. The van der Waals surface area contributed by atoms with Gasteiger partial charge in [0.1, 0.15) is 12.4 Å². The average Bonchev–Trinajstić information content (AvgIpc) is 2.91. The molecule has 2 aliphatic rings. The van der Waals surface area contributed by atoms with E-state index < -0.39 is 0 Å². The molecule has 2 aromatic rings. The van der Waals surface area contributed by atoms with Gasteiger partial charge in [-0.15, -0.1) is 0 Å². The first-order valence-electron chi connectivity index (χ1n) is 12.9. The third-order valence-corrected chi connectivity index (χ3v) is 7.40. The Kier molecular flexibility index (Phi) is 8.61. The number of carbonyl (C=O) groups is 2. The molecule has 1 N–H and O–H groups in total. The van der Waals surface area contributed by atoms with E-state index in [1.807, 2.05) is 37.3 Å². The monoisotopic (exact) mass is 478 g/mol. The van der Waals surface area contributed by atoms with E-state index in [4.69, 9.17) is 4.74 Å². The number of amides is 2. The van der Waals surface area contributed by atoms with Crippen molar-refractivity contribution in [2.75, 3.05) is 31.6 Å². The van der Waals surface area contributed by atoms with E-state index >= 15 is 0 Å². The first-order chi connectivity index (χ1) is 17.0. The third-order valence-electron chi connectivity index (χ3n) is 7.40. The molecule has 188 valence electrons. The molecule has 1 saturated heterocycles. The van der Waals surface area contributed by atoms with Gasteiger partial charge in [0.2, 0.25) is 0 Å². The van der Waals surface area contributed by atoms with Crippen molar-refractivity contribution >= 4 is 17.8 Å². The summed E-state index contributed by atoms with van der Waals surface area (Å²) in [5, 5.41) is 3.09. The number of anilines is 1. The van der Waals surface area contributed by atoms with E-state index in [0.29, 0.717) is 43.8 Å². The highest BCUT2D eigenvalue weighted by Crippen LogP contribution is 2.25. The lowest BCUT2D eigenvalue weighted by Gasteiger charge is -2.32. The number of aryl methyl sites for hydroxylation is 1. The Hall–Kier alpha value is -3.09. The lowest BCUT2D eigenvalue weighted by molar-refractivity contribution is 0.0800. The largest absolute Gasteiger partial charge is 0.445 e. The number of pyridine rings is 1. The van der Waals surface area contributed by atoms with Crippen LogP contribution in [-0.4, -0.2) is 54.6 Å². The second kappa shape index (κ2) is 12.0. The van der Waals surface area contributed by atoms with Crippen molar-refractivity contribution < 1.29 is 14.3 Å². The zero-order valence-corrected chi connectivity index (χ0v) is 21.0. The molecule has 0 unspecified atom stereocenters. The van der Waals surface area contributed by atoms with E-state index in [-0.39, 0.29) is 12.0 Å². The summed E-state index contributed by atoms with van der Waals surface area (Å²) in [6.07, 6.45) is 9.38. The van der Waals surface area contributed by atoms with Crippen molar-refractivity contribution in [2.45, 2.75) is 64.5 Å². The number of carbonyl (C=O) groups excluding carboxylic acids is 2. The summed E-state index contributed by atoms with van der Waals surface area (Å²) in [6.45, 7) is 4.24. The van der Waals surface area contributed by atoms with Crippen LogP contribution in [0.1, 0.15) is 66.4 Å². The van der Waals surface area contributed by atoms with Crippen LogP contribution in [0.15, 0.2) is 42.6 Å². The van der Waals surface area contributed by atoms with Gasteiger partial charge < -0.3 is 19.9 Å². The molecule has 0 spiro atoms. The van der Waals surface area contributed by atoms with E-state index in [2.05, 4.69) is 22.2 Å². The molecular formula is C28H38N4O3. The van der Waals surface area contributed by atoms with Crippen molar-refractivity contribution in [3.8, 4) is 0 Å². The molecule has 1 aliphatic heterocycles. The number of benzene rings is 1. The fourth-order valence-electron chi connectivity index (χ4n) is 4.99. The van der Waals surface area contributed by atoms with Crippen LogP contribution in [0.4, 0.5) is 10.6 Å². The topological polar surface area (TPSA) is 74.8 Å². The molecule has 0 atom stereocenters. The standard InChI is InChI=1S/C28H38N4O3/c1-21-8-10-23(11-9-21)20-35-28(34)32-16-13-22(14-17-32)19-30-27(33)24-12-15-29-26(18-24)31(2)25-6-4-3-5-7-25/h8-12,15,18,22,25H,3-7,13-14,16-17,19-20H2,1-2H3,(H,30,33). The van der Waals surface area contributed by atoms with Crippen LogP contribution in [0.25, 0.3) is 0 Å². The highest BCUT2D eigenvalue weighted by Gasteiger charge is 2.25. The molecule has 1 aliphatic carbocycles. The van der Waals surface area contributed by atoms with Gasteiger partial charge in [-0.1, -0.05) is 49.1 Å². The Morgan fingerprint density at radius 3 is 2.49 bits per heavy atom. The number of aromatic nitrogens is 1. The summed E-state index contributed by atoms with van der Waals surface area (Å²) in [4.78, 5) is 33.7. The van der Waals surface area contributed by atoms with Crippen LogP contribution in [0.3, 0.4) is 0 Å². The number of nitrogens with one attached hydrogen (secondary N) is 1. The second-order valence-electron chi connectivity index (χ2n) is 9.99. The van der Waals surface area contributed by atoms with E-state index in [9.17, 15) is 9.59 Å². The molecule has 2 amide bonds. The van der Waals surface area contributed by atoms with E-state index in [1.165, 1.54) is 37.7 Å². The maximum atomic E-state index is 12.8. The molecule has 0 bridgehead atoms. The van der Waals surface area contributed by atoms with Gasteiger partial charge in [-0.2, -0.15) is 0 Å². The fraction of sp³-hybridized carbons (Fsp3) is 0.536. The van der Waals surface area contributed by atoms with Gasteiger partial charge in [0.25, 0.3) is 5.91 Å². The molecule has 1 saturated carbocycles. The first kappa shape index (κ1) is 25.0. The summed E-state index contributed by atoms with van der Waals surface area (Å²) in [5.41, 5.74) is 2.82. The van der Waals surface area contributed by atoms with Crippen molar-refractivity contribution in [3.63, 3.8) is 0 Å². The zero-order chi connectivity index (χ0) is 24.6. The van der Waals surface area contributed by atoms with Gasteiger partial charge in [-0.05, 0) is 56.2 Å². The van der Waals surface area contributed by atoms with Crippen molar-refractivity contribution in [1.82, 2.24) is 15.2 Å². The molecule has 1 aromatic carbocycles. The summed E-state index contributed by atoms with van der Waals surface area (Å²) >= 11 is 0. The van der Waals surface area contributed by atoms with Gasteiger partial charge in [0.05, 0.1) is 0 Å². The first-order valence-corrected chi connectivity index (χ1v) is 12.9. The predicted octanol–water partition coefficient (Wildman–Crippen LogP) is 4.94. The van der Waals surface area contributed by atoms with Crippen LogP contribution in [0.5, 0.6) is 0 Å². The summed E-state index contributed by atoms with van der Waals surface area (Å²) in [6, 6.07) is 12.2. The van der Waals surface area contributed by atoms with Crippen molar-refractivity contribution in [1.29, 1.82) is 0 Å². The third kappa shape index (κ3) is 6.96. The van der Waals surface area contributed by atoms with Crippen molar-refractivity contribution in [2.24, 2.45) is 5.92 Å². The number of ether oxygens (including phenoxy) is 1. The molecule has 35 heavy (non-hydrogen) atoms. The van der Waals surface area contributed by atoms with E-state index in [0.717, 1.165) is 24.2 Å². The molecule has 2 heterocycles. The molecule has 0 radical (unpaired) electrons. The Balaban J connectivity index is 1.19. The molecule has 7 heteroatoms. The highest BCUT2D eigenvalue weighted by atomic mass is 16.6. The molecule has 4 rings (SSSR count). The minimum absolute atomic E-state index is 0.0642. The van der Waals surface area contributed by atoms with Crippen LogP contribution in [0.2, 0.25) is 0 Å². The lowest BCUT2D eigenvalue weighted by atomic mass is 9.94. The van der Waals surface area contributed by atoms with Crippen LogP contribution < -0.4 is 10.2 Å². The molecular weight excluding hydrogens is 440 g/mol. The minimum Gasteiger partial charge on any atom is -0.445 e. The van der Waals surface area contributed by atoms with E-state index in [1.54, 1.807) is 17.2 Å². The molecule has 1 aromatic heterocycles. The molecule has 2 fully saturated rings. The Bertz CT molecular complexity index is 980. The SMILES string of the molecule is Cc1ccc(COC(=O)N2CCC(CNC(=O)c3ccnc(N(C)C4CCCCC4)c3)CC2)cc1. The van der Waals surface area contributed by atoms with Gasteiger partial charge in [0.15, 0.2) is 0 Å². The van der Waals surface area contributed by atoms with Crippen LogP contribution in [0, 0.1) is 12.8 Å². The average molecular weight is 479 g/mol. The lowest BCUT2D eigenvalue weighted by Crippen LogP contribution is -2.41. The fourth-order valence-corrected chi connectivity index (χ4v) is 4.99. The van der Waals surface area contributed by atoms with Crippen molar-refractivity contribution in [3.05, 3.63) is 59.3 Å². The molecule has 7 nitrogen and oxygen atoms in total. The Morgan fingerprint density at radius 1 is 1.06 bits per heavy atom. The number of hydrogen-bond acceptors (Lipinski definition) is 5. The maximum Gasteiger partial charge on any atom is 0.410 e. The summed E-state index contributed by atoms with van der Waals surface area (Å²) < 4.78 is 5.48. The van der Waals surface area contributed by atoms with Gasteiger partial charge >= 0.3 is 6.09 Å². The number of hydrogen-bond donors (Lipinski definition) is 1. The van der Waals surface area contributed by atoms with Crippen LogP contribution in [-0.2, 0) is 11.3 Å². The minimum atomic E-state index is -0.264. The summed E-state index contributed by atoms with van der Waals surface area (Å²) in [7, 11) is 2.08. The highest BCUT2D eigenvalue weighted by molar-refractivity contribution is 5.94. The predicted molar refractivity (Wildman–Crippen MR) is 138 cm³/mol. The van der Waals surface area contributed by atoms with Gasteiger partial charge in [-0.25, -0.2) is 9.78 Å². The number of likely N-dealkylation sites (tertiary alicyclic amines) is 1. The Labute approximate surface area is 208 Å². The smallest absolute Gasteiger partial charge is 0.410 e. The quantitative estimate of drug-likeness (QED) is 0.610. The normalized spacial score (nSPS) is 17.1. The van der Waals surface area contributed by atoms with Gasteiger partial charge in [-0.3, -0.25) is 4.79 Å². The Morgan fingerprint density at radius 2 is 1.77 bits per heavy atom. The second-order valence-corrected chi connectivity index (χ2v) is 9.99. The zero-order valence-electron chi connectivity index (χ0n) is 21.0. The van der Waals surface area contributed by atoms with Gasteiger partial charge in [0, 0.05) is 44.5 Å².